The van der Waals surface area contributed by atoms with E-state index in [1.807, 2.05) is 0 Å². The zero-order valence-electron chi connectivity index (χ0n) is 14.0. The van der Waals surface area contributed by atoms with E-state index in [9.17, 15) is 14.3 Å². The van der Waals surface area contributed by atoms with Gasteiger partial charge in [-0.2, -0.15) is 0 Å². The highest BCUT2D eigenvalue weighted by Crippen LogP contribution is 2.26. The molecule has 22 heavy (non-hydrogen) atoms. The first-order valence-electron chi connectivity index (χ1n) is 7.17. The third-order valence-corrected chi connectivity index (χ3v) is 3.05. The Labute approximate surface area is 130 Å². The van der Waals surface area contributed by atoms with Crippen LogP contribution in [0.15, 0.2) is 18.2 Å². The van der Waals surface area contributed by atoms with Gasteiger partial charge in [0, 0.05) is 0 Å². The molecule has 124 valence electrons. The average molecular weight is 312 g/mol. The summed E-state index contributed by atoms with van der Waals surface area (Å²) in [6.45, 7) is 10.3. The van der Waals surface area contributed by atoms with Crippen molar-refractivity contribution in [2.45, 2.75) is 58.8 Å². The SMILES string of the molecule is CC(Nc1cc(F)ccc1NC(=O)OC(C)(C)C)C(C)(C)O. The van der Waals surface area contributed by atoms with Gasteiger partial charge in [-0.3, -0.25) is 5.32 Å². The molecule has 0 aromatic heterocycles. The summed E-state index contributed by atoms with van der Waals surface area (Å²) in [5.41, 5.74) is -0.875. The van der Waals surface area contributed by atoms with Gasteiger partial charge in [0.2, 0.25) is 0 Å². The van der Waals surface area contributed by atoms with E-state index in [0.29, 0.717) is 11.4 Å². The number of hydrogen-bond donors (Lipinski definition) is 3. The summed E-state index contributed by atoms with van der Waals surface area (Å²) in [5, 5.41) is 15.6. The molecule has 0 saturated carbocycles. The first-order valence-corrected chi connectivity index (χ1v) is 7.17. The molecule has 1 aromatic carbocycles. The van der Waals surface area contributed by atoms with E-state index in [2.05, 4.69) is 10.6 Å². The van der Waals surface area contributed by atoms with Crippen LogP contribution in [0.4, 0.5) is 20.6 Å². The van der Waals surface area contributed by atoms with Gasteiger partial charge in [-0.05, 0) is 59.7 Å². The van der Waals surface area contributed by atoms with Gasteiger partial charge in [-0.25, -0.2) is 9.18 Å². The number of benzene rings is 1. The van der Waals surface area contributed by atoms with E-state index < -0.39 is 23.1 Å². The summed E-state index contributed by atoms with van der Waals surface area (Å²) in [5.74, 6) is -0.444. The Morgan fingerprint density at radius 2 is 1.82 bits per heavy atom. The quantitative estimate of drug-likeness (QED) is 0.792. The van der Waals surface area contributed by atoms with Crippen LogP contribution < -0.4 is 10.6 Å². The van der Waals surface area contributed by atoms with Crippen molar-refractivity contribution < 1.29 is 19.0 Å². The molecule has 6 heteroatoms. The molecule has 0 aliphatic heterocycles. The smallest absolute Gasteiger partial charge is 0.412 e. The number of carbonyl (C=O) groups is 1. The molecular formula is C16H25FN2O3. The number of hydrogen-bond acceptors (Lipinski definition) is 4. The third-order valence-electron chi connectivity index (χ3n) is 3.05. The van der Waals surface area contributed by atoms with Gasteiger partial charge in [0.1, 0.15) is 11.4 Å². The minimum absolute atomic E-state index is 0.353. The summed E-state index contributed by atoms with van der Waals surface area (Å²) in [6.07, 6.45) is -0.627. The zero-order valence-corrected chi connectivity index (χ0v) is 14.0. The predicted octanol–water partition coefficient (Wildman–Crippen LogP) is 3.74. The summed E-state index contributed by atoms with van der Waals surface area (Å²) >= 11 is 0. The van der Waals surface area contributed by atoms with Crippen LogP contribution in [0.1, 0.15) is 41.5 Å². The van der Waals surface area contributed by atoms with Gasteiger partial charge >= 0.3 is 6.09 Å². The molecule has 0 fully saturated rings. The van der Waals surface area contributed by atoms with Crippen LogP contribution in [0.25, 0.3) is 0 Å². The van der Waals surface area contributed by atoms with Crippen molar-refractivity contribution in [1.29, 1.82) is 0 Å². The molecule has 1 amide bonds. The fourth-order valence-electron chi connectivity index (χ4n) is 1.57. The Bertz CT molecular complexity index is 533. The lowest BCUT2D eigenvalue weighted by Gasteiger charge is -2.28. The molecule has 5 nitrogen and oxygen atoms in total. The maximum absolute atomic E-state index is 13.5. The van der Waals surface area contributed by atoms with Crippen molar-refractivity contribution in [3.8, 4) is 0 Å². The number of aliphatic hydroxyl groups is 1. The highest BCUT2D eigenvalue weighted by Gasteiger charge is 2.24. The lowest BCUT2D eigenvalue weighted by Crippen LogP contribution is -2.39. The van der Waals surface area contributed by atoms with Crippen molar-refractivity contribution in [3.05, 3.63) is 24.0 Å². The lowest BCUT2D eigenvalue weighted by molar-refractivity contribution is 0.0635. The Morgan fingerprint density at radius 1 is 1.23 bits per heavy atom. The lowest BCUT2D eigenvalue weighted by atomic mass is 10.0. The third kappa shape index (κ3) is 5.89. The molecule has 0 aliphatic carbocycles. The van der Waals surface area contributed by atoms with Crippen molar-refractivity contribution in [1.82, 2.24) is 0 Å². The Hall–Kier alpha value is -1.82. The summed E-state index contributed by atoms with van der Waals surface area (Å²) in [6, 6.07) is 3.59. The van der Waals surface area contributed by atoms with Crippen LogP contribution in [0.2, 0.25) is 0 Å². The van der Waals surface area contributed by atoms with Crippen molar-refractivity contribution in [2.75, 3.05) is 10.6 Å². The number of carbonyl (C=O) groups excluding carboxylic acids is 1. The molecule has 3 N–H and O–H groups in total. The topological polar surface area (TPSA) is 70.6 Å². The van der Waals surface area contributed by atoms with Gasteiger partial charge in [-0.15, -0.1) is 0 Å². The number of rotatable bonds is 4. The molecule has 0 bridgehead atoms. The van der Waals surface area contributed by atoms with Crippen LogP contribution in [0.3, 0.4) is 0 Å². The molecule has 0 spiro atoms. The highest BCUT2D eigenvalue weighted by atomic mass is 19.1. The van der Waals surface area contributed by atoms with Gasteiger partial charge in [0.05, 0.1) is 23.0 Å². The second-order valence-corrected chi connectivity index (χ2v) is 6.84. The first kappa shape index (κ1) is 18.2. The van der Waals surface area contributed by atoms with E-state index in [0.717, 1.165) is 0 Å². The monoisotopic (exact) mass is 312 g/mol. The number of nitrogens with one attached hydrogen (secondary N) is 2. The fraction of sp³-hybridized carbons (Fsp3) is 0.562. The Balaban J connectivity index is 2.94. The number of anilines is 2. The predicted molar refractivity (Wildman–Crippen MR) is 85.6 cm³/mol. The van der Waals surface area contributed by atoms with E-state index in [-0.39, 0.29) is 6.04 Å². The summed E-state index contributed by atoms with van der Waals surface area (Å²) < 4.78 is 18.6. The number of ether oxygens (including phenoxy) is 1. The number of amides is 1. The second-order valence-electron chi connectivity index (χ2n) is 6.84. The minimum Gasteiger partial charge on any atom is -0.444 e. The van der Waals surface area contributed by atoms with Crippen LogP contribution in [-0.4, -0.2) is 28.4 Å². The number of halogens is 1. The molecule has 0 radical (unpaired) electrons. The van der Waals surface area contributed by atoms with Crippen LogP contribution in [0, 0.1) is 5.82 Å². The normalized spacial score (nSPS) is 13.5. The van der Waals surface area contributed by atoms with Gasteiger partial charge in [0.15, 0.2) is 0 Å². The molecule has 1 atom stereocenters. The zero-order chi connectivity index (χ0) is 17.1. The molecule has 1 unspecified atom stereocenters. The van der Waals surface area contributed by atoms with Crippen molar-refractivity contribution in [3.63, 3.8) is 0 Å². The maximum atomic E-state index is 13.5. The van der Waals surface area contributed by atoms with E-state index in [1.54, 1.807) is 41.5 Å². The molecule has 0 heterocycles. The molecule has 0 saturated heterocycles. The van der Waals surface area contributed by atoms with E-state index in [4.69, 9.17) is 4.74 Å². The van der Waals surface area contributed by atoms with E-state index >= 15 is 0 Å². The van der Waals surface area contributed by atoms with Crippen molar-refractivity contribution in [2.24, 2.45) is 0 Å². The van der Waals surface area contributed by atoms with Crippen LogP contribution in [-0.2, 0) is 4.74 Å². The Kier molecular flexibility index (Phi) is 5.40. The average Bonchev–Trinajstić information content (AvgIpc) is 2.29. The largest absolute Gasteiger partial charge is 0.444 e. The van der Waals surface area contributed by atoms with Crippen molar-refractivity contribution >= 4 is 17.5 Å². The maximum Gasteiger partial charge on any atom is 0.412 e. The molecule has 1 rings (SSSR count). The fourth-order valence-corrected chi connectivity index (χ4v) is 1.57. The van der Waals surface area contributed by atoms with Crippen LogP contribution >= 0.6 is 0 Å². The Morgan fingerprint density at radius 3 is 2.32 bits per heavy atom. The van der Waals surface area contributed by atoms with Crippen LogP contribution in [0.5, 0.6) is 0 Å². The minimum atomic E-state index is -1.00. The first-order chi connectivity index (χ1) is 9.88. The molecular weight excluding hydrogens is 287 g/mol. The second kappa shape index (κ2) is 6.52. The van der Waals surface area contributed by atoms with Gasteiger partial charge in [-0.1, -0.05) is 0 Å². The summed E-state index contributed by atoms with van der Waals surface area (Å²) in [7, 11) is 0. The van der Waals surface area contributed by atoms with E-state index in [1.165, 1.54) is 18.2 Å². The van der Waals surface area contributed by atoms with Gasteiger partial charge < -0.3 is 15.2 Å². The van der Waals surface area contributed by atoms with Gasteiger partial charge in [0.25, 0.3) is 0 Å². The molecule has 1 aromatic rings. The molecule has 0 aliphatic rings. The highest BCUT2D eigenvalue weighted by molar-refractivity contribution is 5.89. The summed E-state index contributed by atoms with van der Waals surface area (Å²) in [4.78, 5) is 11.8. The standard InChI is InChI=1S/C16H25FN2O3/c1-10(16(5,6)21)18-13-9-11(17)7-8-12(13)19-14(20)22-15(2,3)4/h7-10,18,21H,1-6H3,(H,19,20).